The molecule has 0 spiro atoms. The maximum absolute atomic E-state index is 6.30. The molecule has 2 aromatic heterocycles. The lowest BCUT2D eigenvalue weighted by molar-refractivity contribution is 0.764. The highest BCUT2D eigenvalue weighted by Gasteiger charge is 2.18. The van der Waals surface area contributed by atoms with E-state index in [4.69, 9.17) is 23.2 Å². The topological polar surface area (TPSA) is 30.7 Å². The first-order valence-electron chi connectivity index (χ1n) is 5.38. The van der Waals surface area contributed by atoms with Crippen LogP contribution in [0.15, 0.2) is 24.5 Å². The van der Waals surface area contributed by atoms with Crippen LogP contribution in [0.4, 0.5) is 0 Å². The molecule has 3 nitrogen and oxygen atoms in total. The SMILES string of the molecule is CC(C)c1nn(-c2ccncc2)c(Cl)c1CCl. The summed E-state index contributed by atoms with van der Waals surface area (Å²) in [5, 5.41) is 5.10. The minimum absolute atomic E-state index is 0.296. The summed E-state index contributed by atoms with van der Waals surface area (Å²) in [4.78, 5) is 3.97. The van der Waals surface area contributed by atoms with Gasteiger partial charge in [0.05, 0.1) is 17.3 Å². The van der Waals surface area contributed by atoms with Crippen molar-refractivity contribution in [3.63, 3.8) is 0 Å². The van der Waals surface area contributed by atoms with Crippen molar-refractivity contribution in [2.24, 2.45) is 0 Å². The molecule has 2 rings (SSSR count). The second-order valence-corrected chi connectivity index (χ2v) is 4.69. The molecule has 17 heavy (non-hydrogen) atoms. The van der Waals surface area contributed by atoms with Crippen molar-refractivity contribution >= 4 is 23.2 Å². The molecular weight excluding hydrogens is 257 g/mol. The Balaban J connectivity index is 2.57. The van der Waals surface area contributed by atoms with Gasteiger partial charge in [0.1, 0.15) is 5.15 Å². The predicted octanol–water partition coefficient (Wildman–Crippen LogP) is 3.78. The monoisotopic (exact) mass is 269 g/mol. The highest BCUT2D eigenvalue weighted by molar-refractivity contribution is 6.31. The standard InChI is InChI=1S/C12H13Cl2N3/c1-8(2)11-10(7-13)12(14)17(16-11)9-3-5-15-6-4-9/h3-6,8H,7H2,1-2H3. The average Bonchev–Trinajstić information content (AvgIpc) is 2.67. The molecule has 0 aliphatic rings. The molecule has 2 aromatic rings. The maximum atomic E-state index is 6.30. The summed E-state index contributed by atoms with van der Waals surface area (Å²) in [6.07, 6.45) is 3.42. The normalized spacial score (nSPS) is 11.1. The van der Waals surface area contributed by atoms with Gasteiger partial charge in [-0.3, -0.25) is 4.98 Å². The van der Waals surface area contributed by atoms with Crippen LogP contribution >= 0.6 is 23.2 Å². The van der Waals surface area contributed by atoms with Crippen LogP contribution in [0.3, 0.4) is 0 Å². The first-order chi connectivity index (χ1) is 8.15. The van der Waals surface area contributed by atoms with Crippen LogP contribution in [0.5, 0.6) is 0 Å². The van der Waals surface area contributed by atoms with Crippen LogP contribution in [-0.4, -0.2) is 14.8 Å². The molecule has 0 amide bonds. The first kappa shape index (κ1) is 12.4. The summed E-state index contributed by atoms with van der Waals surface area (Å²) in [7, 11) is 0. The van der Waals surface area contributed by atoms with Crippen LogP contribution in [0, 0.1) is 0 Å². The van der Waals surface area contributed by atoms with Crippen molar-refractivity contribution in [3.05, 3.63) is 40.9 Å². The summed E-state index contributed by atoms with van der Waals surface area (Å²) in [5.41, 5.74) is 2.74. The minimum atomic E-state index is 0.296. The van der Waals surface area contributed by atoms with Gasteiger partial charge in [0.2, 0.25) is 0 Å². The van der Waals surface area contributed by atoms with E-state index >= 15 is 0 Å². The highest BCUT2D eigenvalue weighted by atomic mass is 35.5. The summed E-state index contributed by atoms with van der Waals surface area (Å²) in [6, 6.07) is 3.72. The van der Waals surface area contributed by atoms with Gasteiger partial charge in [0, 0.05) is 18.0 Å². The van der Waals surface area contributed by atoms with Crippen molar-refractivity contribution in [1.29, 1.82) is 0 Å². The van der Waals surface area contributed by atoms with E-state index in [1.165, 1.54) is 0 Å². The van der Waals surface area contributed by atoms with Gasteiger partial charge in [-0.25, -0.2) is 4.68 Å². The van der Waals surface area contributed by atoms with E-state index in [0.717, 1.165) is 16.9 Å². The Morgan fingerprint density at radius 3 is 2.41 bits per heavy atom. The third kappa shape index (κ3) is 2.31. The average molecular weight is 270 g/mol. The van der Waals surface area contributed by atoms with E-state index in [-0.39, 0.29) is 0 Å². The largest absolute Gasteiger partial charge is 0.265 e. The molecule has 0 N–H and O–H groups in total. The van der Waals surface area contributed by atoms with Crippen molar-refractivity contribution in [3.8, 4) is 5.69 Å². The molecular formula is C12H13Cl2N3. The Kier molecular flexibility index (Phi) is 3.69. The van der Waals surface area contributed by atoms with E-state index in [9.17, 15) is 0 Å². The Bertz CT molecular complexity index is 506. The molecule has 0 saturated heterocycles. The Hall–Kier alpha value is -1.06. The smallest absolute Gasteiger partial charge is 0.137 e. The first-order valence-corrected chi connectivity index (χ1v) is 6.30. The Morgan fingerprint density at radius 2 is 1.94 bits per heavy atom. The lowest BCUT2D eigenvalue weighted by Crippen LogP contribution is -1.98. The molecule has 90 valence electrons. The van der Waals surface area contributed by atoms with Crippen LogP contribution < -0.4 is 0 Å². The van der Waals surface area contributed by atoms with Gasteiger partial charge < -0.3 is 0 Å². The summed E-state index contributed by atoms with van der Waals surface area (Å²) in [5.74, 6) is 0.668. The summed E-state index contributed by atoms with van der Waals surface area (Å²) < 4.78 is 1.70. The van der Waals surface area contributed by atoms with E-state index in [0.29, 0.717) is 17.0 Å². The van der Waals surface area contributed by atoms with Gasteiger partial charge in [-0.15, -0.1) is 11.6 Å². The van der Waals surface area contributed by atoms with Gasteiger partial charge in [0.15, 0.2) is 0 Å². The van der Waals surface area contributed by atoms with Crippen LogP contribution in [0.25, 0.3) is 5.69 Å². The number of hydrogen-bond donors (Lipinski definition) is 0. The fraction of sp³-hybridized carbons (Fsp3) is 0.333. The van der Waals surface area contributed by atoms with Gasteiger partial charge in [-0.05, 0) is 18.1 Å². The number of hydrogen-bond acceptors (Lipinski definition) is 2. The number of pyridine rings is 1. The van der Waals surface area contributed by atoms with Gasteiger partial charge in [-0.2, -0.15) is 5.10 Å². The van der Waals surface area contributed by atoms with Gasteiger partial charge in [0.25, 0.3) is 0 Å². The zero-order valence-electron chi connectivity index (χ0n) is 9.69. The molecule has 0 aliphatic heterocycles. The number of aromatic nitrogens is 3. The summed E-state index contributed by atoms with van der Waals surface area (Å²) >= 11 is 12.2. The maximum Gasteiger partial charge on any atom is 0.137 e. The number of rotatable bonds is 3. The molecule has 0 bridgehead atoms. The molecule has 0 saturated carbocycles. The van der Waals surface area contributed by atoms with Gasteiger partial charge >= 0.3 is 0 Å². The minimum Gasteiger partial charge on any atom is -0.265 e. The van der Waals surface area contributed by atoms with E-state index < -0.39 is 0 Å². The van der Waals surface area contributed by atoms with Crippen LogP contribution in [-0.2, 0) is 5.88 Å². The van der Waals surface area contributed by atoms with Crippen LogP contribution in [0.2, 0.25) is 5.15 Å². The molecule has 0 aromatic carbocycles. The van der Waals surface area contributed by atoms with E-state index in [1.807, 2.05) is 12.1 Å². The van der Waals surface area contributed by atoms with E-state index in [1.54, 1.807) is 17.1 Å². The Morgan fingerprint density at radius 1 is 1.29 bits per heavy atom. The second-order valence-electron chi connectivity index (χ2n) is 4.06. The number of nitrogens with zero attached hydrogens (tertiary/aromatic N) is 3. The lowest BCUT2D eigenvalue weighted by Gasteiger charge is -2.01. The molecule has 2 heterocycles. The predicted molar refractivity (Wildman–Crippen MR) is 70.0 cm³/mol. The van der Waals surface area contributed by atoms with Crippen molar-refractivity contribution in [1.82, 2.24) is 14.8 Å². The van der Waals surface area contributed by atoms with Crippen molar-refractivity contribution in [2.75, 3.05) is 0 Å². The second kappa shape index (κ2) is 5.07. The fourth-order valence-corrected chi connectivity index (χ4v) is 2.32. The molecule has 0 atom stereocenters. The zero-order chi connectivity index (χ0) is 12.4. The molecule has 0 unspecified atom stereocenters. The number of halogens is 2. The summed E-state index contributed by atoms with van der Waals surface area (Å²) in [6.45, 7) is 4.15. The van der Waals surface area contributed by atoms with E-state index in [2.05, 4.69) is 23.9 Å². The van der Waals surface area contributed by atoms with Crippen LogP contribution in [0.1, 0.15) is 31.0 Å². The van der Waals surface area contributed by atoms with Crippen molar-refractivity contribution in [2.45, 2.75) is 25.6 Å². The Labute approximate surface area is 110 Å². The third-order valence-electron chi connectivity index (χ3n) is 2.54. The van der Waals surface area contributed by atoms with Crippen molar-refractivity contribution < 1.29 is 0 Å². The number of alkyl halides is 1. The highest BCUT2D eigenvalue weighted by Crippen LogP contribution is 2.29. The molecule has 0 radical (unpaired) electrons. The molecule has 0 fully saturated rings. The lowest BCUT2D eigenvalue weighted by atomic mass is 10.1. The fourth-order valence-electron chi connectivity index (χ4n) is 1.69. The molecule has 5 heteroatoms. The third-order valence-corrected chi connectivity index (χ3v) is 3.20. The zero-order valence-corrected chi connectivity index (χ0v) is 11.2. The quantitative estimate of drug-likeness (QED) is 0.794. The van der Waals surface area contributed by atoms with Gasteiger partial charge in [-0.1, -0.05) is 25.4 Å². The molecule has 0 aliphatic carbocycles.